The molecule has 1 aromatic heterocycles. The summed E-state index contributed by atoms with van der Waals surface area (Å²) < 4.78 is 0.691. The van der Waals surface area contributed by atoms with Crippen molar-refractivity contribution in [1.29, 1.82) is 0 Å². The maximum Gasteiger partial charge on any atom is 0.239 e. The first kappa shape index (κ1) is 19.2. The number of nitrogens with zero attached hydrogens (tertiary/aromatic N) is 2. The van der Waals surface area contributed by atoms with E-state index in [1.807, 2.05) is 12.1 Å². The van der Waals surface area contributed by atoms with E-state index >= 15 is 0 Å². The summed E-state index contributed by atoms with van der Waals surface area (Å²) >= 11 is 2.67. The van der Waals surface area contributed by atoms with Gasteiger partial charge in [0.2, 0.25) is 16.9 Å². The second kappa shape index (κ2) is 9.38. The van der Waals surface area contributed by atoms with E-state index < -0.39 is 0 Å². The van der Waals surface area contributed by atoms with Crippen molar-refractivity contribution in [1.82, 2.24) is 20.8 Å². The number of carbonyl (C=O) groups is 2. The van der Waals surface area contributed by atoms with Gasteiger partial charge in [0.1, 0.15) is 0 Å². The fraction of sp³-hybridized carbons (Fsp3) is 0.375. The van der Waals surface area contributed by atoms with Gasteiger partial charge >= 0.3 is 0 Å². The van der Waals surface area contributed by atoms with Gasteiger partial charge in [-0.25, -0.2) is 0 Å². The molecule has 134 valence electrons. The van der Waals surface area contributed by atoms with E-state index in [2.05, 4.69) is 52.1 Å². The third kappa shape index (κ3) is 6.35. The Bertz CT molecular complexity index is 716. The molecule has 0 bridgehead atoms. The Hall–Kier alpha value is -2.13. The number of nitrogens with one attached hydrogen (secondary N) is 3. The number of hydrogen-bond donors (Lipinski definition) is 3. The van der Waals surface area contributed by atoms with Gasteiger partial charge in [0.15, 0.2) is 4.34 Å². The van der Waals surface area contributed by atoms with Crippen LogP contribution in [0.5, 0.6) is 0 Å². The standard InChI is InChI=1S/C16H21N5O2S2/c1-10(2)11-4-6-12(7-5-11)19-15-20-21-16(25-15)24-9-14(23)18-8-13(22)17-3/h4-7,10H,8-9H2,1-3H3,(H,17,22)(H,18,23)(H,19,20). The highest BCUT2D eigenvalue weighted by Gasteiger charge is 2.09. The first-order valence-electron chi connectivity index (χ1n) is 7.78. The maximum atomic E-state index is 11.7. The summed E-state index contributed by atoms with van der Waals surface area (Å²) in [6, 6.07) is 8.19. The van der Waals surface area contributed by atoms with Gasteiger partial charge in [0.25, 0.3) is 0 Å². The fourth-order valence-corrected chi connectivity index (χ4v) is 3.44. The predicted molar refractivity (Wildman–Crippen MR) is 102 cm³/mol. The molecule has 0 atom stereocenters. The molecule has 0 saturated carbocycles. The quantitative estimate of drug-likeness (QED) is 0.610. The smallest absolute Gasteiger partial charge is 0.239 e. The molecule has 0 spiro atoms. The van der Waals surface area contributed by atoms with Gasteiger partial charge in [0.05, 0.1) is 12.3 Å². The highest BCUT2D eigenvalue weighted by Crippen LogP contribution is 2.28. The summed E-state index contributed by atoms with van der Waals surface area (Å²) in [5, 5.41) is 17.0. The van der Waals surface area contributed by atoms with Gasteiger partial charge in [0, 0.05) is 12.7 Å². The number of hydrogen-bond acceptors (Lipinski definition) is 7. The Balaban J connectivity index is 1.81. The zero-order chi connectivity index (χ0) is 18.2. The average Bonchev–Trinajstić information content (AvgIpc) is 3.05. The second-order valence-electron chi connectivity index (χ2n) is 5.51. The van der Waals surface area contributed by atoms with Gasteiger partial charge in [-0.2, -0.15) is 0 Å². The third-order valence-corrected chi connectivity index (χ3v) is 5.26. The van der Waals surface area contributed by atoms with Crippen LogP contribution in [0.1, 0.15) is 25.3 Å². The minimum Gasteiger partial charge on any atom is -0.358 e. The second-order valence-corrected chi connectivity index (χ2v) is 7.71. The first-order valence-corrected chi connectivity index (χ1v) is 9.58. The van der Waals surface area contributed by atoms with Crippen LogP contribution in [0, 0.1) is 0 Å². The van der Waals surface area contributed by atoms with E-state index in [0.717, 1.165) is 5.69 Å². The lowest BCUT2D eigenvalue weighted by molar-refractivity contribution is -0.124. The van der Waals surface area contributed by atoms with E-state index in [-0.39, 0.29) is 24.1 Å². The van der Waals surface area contributed by atoms with Crippen LogP contribution in [0.3, 0.4) is 0 Å². The number of aromatic nitrogens is 2. The molecule has 0 aliphatic carbocycles. The van der Waals surface area contributed by atoms with Crippen molar-refractivity contribution in [2.24, 2.45) is 0 Å². The monoisotopic (exact) mass is 379 g/mol. The fourth-order valence-electron chi connectivity index (χ4n) is 1.84. The van der Waals surface area contributed by atoms with Gasteiger partial charge in [-0.05, 0) is 23.6 Å². The molecule has 0 aliphatic heterocycles. The summed E-state index contributed by atoms with van der Waals surface area (Å²) in [6.45, 7) is 4.29. The van der Waals surface area contributed by atoms with Crippen molar-refractivity contribution >= 4 is 45.7 Å². The summed E-state index contributed by atoms with van der Waals surface area (Å²) in [4.78, 5) is 22.7. The van der Waals surface area contributed by atoms with Crippen LogP contribution < -0.4 is 16.0 Å². The van der Waals surface area contributed by atoms with E-state index in [1.54, 1.807) is 0 Å². The molecule has 0 unspecified atom stereocenters. The molecule has 25 heavy (non-hydrogen) atoms. The zero-order valence-corrected chi connectivity index (χ0v) is 16.0. The highest BCUT2D eigenvalue weighted by atomic mass is 32.2. The number of thioether (sulfide) groups is 1. The number of rotatable bonds is 8. The predicted octanol–water partition coefficient (Wildman–Crippen LogP) is 2.36. The minimum absolute atomic E-state index is 0.0226. The van der Waals surface area contributed by atoms with E-state index in [1.165, 1.54) is 35.7 Å². The van der Waals surface area contributed by atoms with Crippen LogP contribution in [0.2, 0.25) is 0 Å². The normalized spacial score (nSPS) is 10.6. The lowest BCUT2D eigenvalue weighted by atomic mass is 10.0. The SMILES string of the molecule is CNC(=O)CNC(=O)CSc1nnc(Nc2ccc(C(C)C)cc2)s1. The molecule has 0 radical (unpaired) electrons. The number of carbonyl (C=O) groups excluding carboxylic acids is 2. The molecule has 0 fully saturated rings. The van der Waals surface area contributed by atoms with Gasteiger partial charge in [-0.3, -0.25) is 9.59 Å². The van der Waals surface area contributed by atoms with Crippen molar-refractivity contribution in [2.75, 3.05) is 24.7 Å². The molecule has 7 nitrogen and oxygen atoms in total. The molecular weight excluding hydrogens is 358 g/mol. The Labute approximate surface area is 155 Å². The third-order valence-electron chi connectivity index (χ3n) is 3.29. The summed E-state index contributed by atoms with van der Waals surface area (Å²) in [7, 11) is 1.52. The summed E-state index contributed by atoms with van der Waals surface area (Å²) in [5.41, 5.74) is 2.22. The molecule has 3 N–H and O–H groups in total. The van der Waals surface area contributed by atoms with Gasteiger partial charge < -0.3 is 16.0 Å². The lowest BCUT2D eigenvalue weighted by Gasteiger charge is -2.06. The number of likely N-dealkylation sites (N-methyl/N-ethyl adjacent to an activating group) is 1. The van der Waals surface area contributed by atoms with Crippen molar-refractivity contribution in [3.63, 3.8) is 0 Å². The van der Waals surface area contributed by atoms with E-state index in [9.17, 15) is 9.59 Å². The first-order chi connectivity index (χ1) is 12.0. The summed E-state index contributed by atoms with van der Waals surface area (Å²) in [6.07, 6.45) is 0. The van der Waals surface area contributed by atoms with Crippen LogP contribution in [0.4, 0.5) is 10.8 Å². The summed E-state index contributed by atoms with van der Waals surface area (Å²) in [5.74, 6) is 0.231. The number of amides is 2. The topological polar surface area (TPSA) is 96.0 Å². The Kier molecular flexibility index (Phi) is 7.20. The lowest BCUT2D eigenvalue weighted by Crippen LogP contribution is -2.35. The van der Waals surface area contributed by atoms with Gasteiger partial charge in [-0.1, -0.05) is 49.1 Å². The van der Waals surface area contributed by atoms with Gasteiger partial charge in [-0.15, -0.1) is 10.2 Å². The molecule has 2 amide bonds. The van der Waals surface area contributed by atoms with E-state index in [0.29, 0.717) is 15.4 Å². The maximum absolute atomic E-state index is 11.7. The van der Waals surface area contributed by atoms with Crippen molar-refractivity contribution in [2.45, 2.75) is 24.1 Å². The molecule has 2 rings (SSSR count). The van der Waals surface area contributed by atoms with Crippen LogP contribution >= 0.6 is 23.1 Å². The largest absolute Gasteiger partial charge is 0.358 e. The number of anilines is 2. The molecular formula is C16H21N5O2S2. The van der Waals surface area contributed by atoms with E-state index in [4.69, 9.17) is 0 Å². The van der Waals surface area contributed by atoms with Crippen LogP contribution in [-0.2, 0) is 9.59 Å². The van der Waals surface area contributed by atoms with Crippen molar-refractivity contribution in [3.8, 4) is 0 Å². The molecule has 1 aromatic carbocycles. The van der Waals surface area contributed by atoms with Crippen LogP contribution in [0.15, 0.2) is 28.6 Å². The number of benzene rings is 1. The minimum atomic E-state index is -0.232. The molecule has 0 saturated heterocycles. The molecule has 9 heteroatoms. The molecule has 1 heterocycles. The van der Waals surface area contributed by atoms with Crippen LogP contribution in [-0.4, -0.2) is 41.4 Å². The van der Waals surface area contributed by atoms with Crippen molar-refractivity contribution < 1.29 is 9.59 Å². The molecule has 2 aromatic rings. The molecule has 0 aliphatic rings. The Morgan fingerprint density at radius 1 is 1.16 bits per heavy atom. The average molecular weight is 380 g/mol. The highest BCUT2D eigenvalue weighted by molar-refractivity contribution is 8.01. The van der Waals surface area contributed by atoms with Crippen LogP contribution in [0.25, 0.3) is 0 Å². The zero-order valence-electron chi connectivity index (χ0n) is 14.3. The van der Waals surface area contributed by atoms with Crippen molar-refractivity contribution in [3.05, 3.63) is 29.8 Å². The Morgan fingerprint density at radius 3 is 2.52 bits per heavy atom. The Morgan fingerprint density at radius 2 is 1.88 bits per heavy atom.